The van der Waals surface area contributed by atoms with Gasteiger partial charge in [-0.1, -0.05) is 48.5 Å². The van der Waals surface area contributed by atoms with Crippen molar-refractivity contribution in [1.29, 1.82) is 5.26 Å². The first-order chi connectivity index (χ1) is 13.1. The average Bonchev–Trinajstić information content (AvgIpc) is 2.72. The van der Waals surface area contributed by atoms with Crippen LogP contribution in [0.2, 0.25) is 0 Å². The molecule has 0 saturated carbocycles. The molecule has 0 saturated heterocycles. The third-order valence-corrected chi connectivity index (χ3v) is 4.77. The highest BCUT2D eigenvalue weighted by Crippen LogP contribution is 2.45. The molecule has 0 fully saturated rings. The monoisotopic (exact) mass is 356 g/mol. The number of methoxy groups -OCH3 is 1. The number of carbonyl (C=O) groups is 1. The minimum Gasteiger partial charge on any atom is -0.465 e. The summed E-state index contributed by atoms with van der Waals surface area (Å²) in [6.45, 7) is 0. The minimum atomic E-state index is -0.407. The van der Waals surface area contributed by atoms with E-state index in [0.717, 1.165) is 21.9 Å². The van der Waals surface area contributed by atoms with Crippen molar-refractivity contribution in [3.05, 3.63) is 88.8 Å². The average molecular weight is 356 g/mol. The molecule has 4 rings (SSSR count). The van der Waals surface area contributed by atoms with Gasteiger partial charge in [0.1, 0.15) is 17.4 Å². The summed E-state index contributed by atoms with van der Waals surface area (Å²) < 4.78 is 10.6. The number of rotatable bonds is 2. The Balaban J connectivity index is 1.90. The van der Waals surface area contributed by atoms with Crippen LogP contribution < -0.4 is 10.5 Å². The highest BCUT2D eigenvalue weighted by Gasteiger charge is 2.31. The molecule has 5 nitrogen and oxygen atoms in total. The molecule has 0 spiro atoms. The van der Waals surface area contributed by atoms with Crippen molar-refractivity contribution in [2.45, 2.75) is 5.92 Å². The van der Waals surface area contributed by atoms with Crippen LogP contribution in [0.15, 0.2) is 72.1 Å². The number of ether oxygens (including phenoxy) is 2. The third kappa shape index (κ3) is 2.68. The first-order valence-electron chi connectivity index (χ1n) is 8.41. The molecule has 1 unspecified atom stereocenters. The van der Waals surface area contributed by atoms with Gasteiger partial charge in [-0.15, -0.1) is 0 Å². The molecule has 3 aromatic rings. The molecule has 0 aromatic heterocycles. The van der Waals surface area contributed by atoms with E-state index in [2.05, 4.69) is 6.07 Å². The molecule has 1 atom stereocenters. The number of nitriles is 1. The van der Waals surface area contributed by atoms with Crippen molar-refractivity contribution < 1.29 is 14.3 Å². The highest BCUT2D eigenvalue weighted by molar-refractivity contribution is 5.91. The van der Waals surface area contributed by atoms with E-state index in [-0.39, 0.29) is 11.8 Å². The summed E-state index contributed by atoms with van der Waals surface area (Å²) in [6, 6.07) is 21.0. The summed E-state index contributed by atoms with van der Waals surface area (Å²) in [4.78, 5) is 11.7. The molecule has 132 valence electrons. The zero-order valence-electron chi connectivity index (χ0n) is 14.6. The van der Waals surface area contributed by atoms with Crippen molar-refractivity contribution in [2.75, 3.05) is 7.11 Å². The standard InChI is InChI=1S/C22H16N2O3/c1-26-22(25)15-8-6-14(7-9-15)19-17-11-10-13-4-2-3-5-16(13)20(17)27-21(24)18(19)12-23/h2-11,19H,24H2,1H3. The van der Waals surface area contributed by atoms with Crippen LogP contribution in [0, 0.1) is 11.3 Å². The number of fused-ring (bicyclic) bond motifs is 3. The van der Waals surface area contributed by atoms with E-state index >= 15 is 0 Å². The van der Waals surface area contributed by atoms with Gasteiger partial charge in [0, 0.05) is 10.9 Å². The Kier molecular flexibility index (Phi) is 4.02. The fraction of sp³-hybridized carbons (Fsp3) is 0.0909. The summed E-state index contributed by atoms with van der Waals surface area (Å²) in [5, 5.41) is 11.6. The number of nitrogens with zero attached hydrogens (tertiary/aromatic N) is 1. The maximum atomic E-state index is 11.7. The second kappa shape index (κ2) is 6.50. The Morgan fingerprint density at radius 2 is 1.85 bits per heavy atom. The first kappa shape index (κ1) is 16.7. The molecule has 2 N–H and O–H groups in total. The number of hydrogen-bond acceptors (Lipinski definition) is 5. The van der Waals surface area contributed by atoms with Gasteiger partial charge < -0.3 is 15.2 Å². The highest BCUT2D eigenvalue weighted by atomic mass is 16.5. The topological polar surface area (TPSA) is 85.3 Å². The van der Waals surface area contributed by atoms with Gasteiger partial charge in [0.25, 0.3) is 0 Å². The maximum absolute atomic E-state index is 11.7. The Morgan fingerprint density at radius 3 is 2.56 bits per heavy atom. The number of allylic oxidation sites excluding steroid dienone is 1. The Bertz CT molecular complexity index is 1120. The Hall–Kier alpha value is -3.78. The van der Waals surface area contributed by atoms with E-state index < -0.39 is 5.97 Å². The predicted octanol–water partition coefficient (Wildman–Crippen LogP) is 3.84. The van der Waals surface area contributed by atoms with Crippen molar-refractivity contribution in [2.24, 2.45) is 5.73 Å². The molecule has 1 aliphatic heterocycles. The molecule has 1 aliphatic rings. The predicted molar refractivity (Wildman–Crippen MR) is 101 cm³/mol. The lowest BCUT2D eigenvalue weighted by molar-refractivity contribution is 0.0600. The lowest BCUT2D eigenvalue weighted by Gasteiger charge is -2.27. The van der Waals surface area contributed by atoms with Crippen molar-refractivity contribution in [3.63, 3.8) is 0 Å². The molecule has 5 heteroatoms. The summed E-state index contributed by atoms with van der Waals surface area (Å²) in [7, 11) is 1.34. The summed E-state index contributed by atoms with van der Waals surface area (Å²) in [5.74, 6) is -0.0134. The quantitative estimate of drug-likeness (QED) is 0.705. The van der Waals surface area contributed by atoms with Crippen LogP contribution in [-0.2, 0) is 4.74 Å². The van der Waals surface area contributed by atoms with E-state index in [1.54, 1.807) is 12.1 Å². The van der Waals surface area contributed by atoms with Crippen LogP contribution >= 0.6 is 0 Å². The molecule has 3 aromatic carbocycles. The molecule has 0 bridgehead atoms. The smallest absolute Gasteiger partial charge is 0.337 e. The molecule has 0 amide bonds. The van der Waals surface area contributed by atoms with E-state index in [0.29, 0.717) is 16.9 Å². The summed E-state index contributed by atoms with van der Waals surface area (Å²) >= 11 is 0. The van der Waals surface area contributed by atoms with Gasteiger partial charge in [0.15, 0.2) is 0 Å². The lowest BCUT2D eigenvalue weighted by atomic mass is 9.82. The van der Waals surface area contributed by atoms with Crippen molar-refractivity contribution in [3.8, 4) is 11.8 Å². The lowest BCUT2D eigenvalue weighted by Crippen LogP contribution is -2.21. The van der Waals surface area contributed by atoms with Gasteiger partial charge in [-0.05, 0) is 23.1 Å². The van der Waals surface area contributed by atoms with E-state index in [4.69, 9.17) is 15.2 Å². The second-order valence-electron chi connectivity index (χ2n) is 6.24. The fourth-order valence-electron chi connectivity index (χ4n) is 3.46. The van der Waals surface area contributed by atoms with E-state index in [9.17, 15) is 10.1 Å². The van der Waals surface area contributed by atoms with E-state index in [1.165, 1.54) is 7.11 Å². The van der Waals surface area contributed by atoms with Gasteiger partial charge in [-0.25, -0.2) is 4.79 Å². The third-order valence-electron chi connectivity index (χ3n) is 4.77. The fourth-order valence-corrected chi connectivity index (χ4v) is 3.46. The van der Waals surface area contributed by atoms with Gasteiger partial charge >= 0.3 is 5.97 Å². The molecule has 27 heavy (non-hydrogen) atoms. The summed E-state index contributed by atoms with van der Waals surface area (Å²) in [5.41, 5.74) is 8.60. The first-order valence-corrected chi connectivity index (χ1v) is 8.41. The van der Waals surface area contributed by atoms with E-state index in [1.807, 2.05) is 48.5 Å². The number of benzene rings is 3. The number of nitrogens with two attached hydrogens (primary N) is 1. The van der Waals surface area contributed by atoms with Crippen LogP contribution in [0.25, 0.3) is 10.8 Å². The van der Waals surface area contributed by atoms with Crippen LogP contribution in [-0.4, -0.2) is 13.1 Å². The Labute approximate surface area is 156 Å². The minimum absolute atomic E-state index is 0.100. The molecule has 0 radical (unpaired) electrons. The number of hydrogen-bond donors (Lipinski definition) is 1. The molecular formula is C22H16N2O3. The normalized spacial score (nSPS) is 15.6. The SMILES string of the molecule is COC(=O)c1ccc(C2C(C#N)=C(N)Oc3c2ccc2ccccc32)cc1. The zero-order chi connectivity index (χ0) is 19.0. The van der Waals surface area contributed by atoms with Crippen LogP contribution in [0.3, 0.4) is 0 Å². The van der Waals surface area contributed by atoms with Crippen LogP contribution in [0.1, 0.15) is 27.4 Å². The van der Waals surface area contributed by atoms with Gasteiger partial charge in [-0.3, -0.25) is 0 Å². The van der Waals surface area contributed by atoms with Gasteiger partial charge in [-0.2, -0.15) is 5.26 Å². The maximum Gasteiger partial charge on any atom is 0.337 e. The largest absolute Gasteiger partial charge is 0.465 e. The molecule has 0 aliphatic carbocycles. The van der Waals surface area contributed by atoms with Gasteiger partial charge in [0.05, 0.1) is 18.6 Å². The number of esters is 1. The second-order valence-corrected chi connectivity index (χ2v) is 6.24. The Morgan fingerprint density at radius 1 is 1.11 bits per heavy atom. The van der Waals surface area contributed by atoms with Gasteiger partial charge in [0.2, 0.25) is 5.88 Å². The van der Waals surface area contributed by atoms with Crippen LogP contribution in [0.5, 0.6) is 5.75 Å². The zero-order valence-corrected chi connectivity index (χ0v) is 14.6. The van der Waals surface area contributed by atoms with Crippen molar-refractivity contribution in [1.82, 2.24) is 0 Å². The van der Waals surface area contributed by atoms with Crippen molar-refractivity contribution >= 4 is 16.7 Å². The number of carbonyl (C=O) groups excluding carboxylic acids is 1. The van der Waals surface area contributed by atoms with Crippen LogP contribution in [0.4, 0.5) is 0 Å². The summed E-state index contributed by atoms with van der Waals surface area (Å²) in [6.07, 6.45) is 0. The molecular weight excluding hydrogens is 340 g/mol. The molecule has 1 heterocycles.